The van der Waals surface area contributed by atoms with Crippen LogP contribution in [0.25, 0.3) is 0 Å². The van der Waals surface area contributed by atoms with Crippen LogP contribution in [-0.2, 0) is 4.79 Å². The average Bonchev–Trinajstić information content (AvgIpc) is 3.11. The standard InChI is InChI=1S/C20H23ClFN3O3/c1-13-19(23-11-28-13)20(27)24-16-5-2-14(3-6-16)8-9-25(12-26)18-7-4-15(22)10-17(18)21/h4,7,10-12,14,16H,2-3,5-6,8-9H2,1H3,(H,24,27). The van der Waals surface area contributed by atoms with E-state index in [0.717, 1.165) is 38.5 Å². The number of anilines is 1. The molecular formula is C20H23ClFN3O3. The Morgan fingerprint density at radius 3 is 2.75 bits per heavy atom. The number of benzene rings is 1. The number of nitrogens with one attached hydrogen (secondary N) is 1. The Hall–Kier alpha value is -2.41. The van der Waals surface area contributed by atoms with Crippen molar-refractivity contribution in [2.45, 2.75) is 45.1 Å². The van der Waals surface area contributed by atoms with Gasteiger partial charge in [0, 0.05) is 12.6 Å². The molecule has 1 aliphatic carbocycles. The van der Waals surface area contributed by atoms with E-state index in [1.165, 1.54) is 29.5 Å². The minimum Gasteiger partial charge on any atom is -0.448 e. The Labute approximate surface area is 168 Å². The lowest BCUT2D eigenvalue weighted by atomic mass is 9.84. The van der Waals surface area contributed by atoms with E-state index in [0.29, 0.717) is 29.6 Å². The number of rotatable bonds is 7. The Balaban J connectivity index is 1.46. The highest BCUT2D eigenvalue weighted by atomic mass is 35.5. The molecule has 28 heavy (non-hydrogen) atoms. The van der Waals surface area contributed by atoms with E-state index >= 15 is 0 Å². The van der Waals surface area contributed by atoms with E-state index in [9.17, 15) is 14.0 Å². The largest absolute Gasteiger partial charge is 0.448 e. The topological polar surface area (TPSA) is 75.4 Å². The number of carbonyl (C=O) groups excluding carboxylic acids is 2. The fourth-order valence-corrected chi connectivity index (χ4v) is 3.91. The highest BCUT2D eigenvalue weighted by Crippen LogP contribution is 2.30. The molecule has 0 aliphatic heterocycles. The quantitative estimate of drug-likeness (QED) is 0.700. The van der Waals surface area contributed by atoms with Crippen LogP contribution >= 0.6 is 11.6 Å². The summed E-state index contributed by atoms with van der Waals surface area (Å²) in [5, 5.41) is 3.24. The maximum absolute atomic E-state index is 13.2. The van der Waals surface area contributed by atoms with Crippen molar-refractivity contribution < 1.29 is 18.4 Å². The Kier molecular flexibility index (Phi) is 6.67. The van der Waals surface area contributed by atoms with Crippen LogP contribution in [0.15, 0.2) is 29.0 Å². The number of aryl methyl sites for hydroxylation is 1. The normalized spacial score (nSPS) is 19.2. The summed E-state index contributed by atoms with van der Waals surface area (Å²) in [6, 6.07) is 4.14. The highest BCUT2D eigenvalue weighted by molar-refractivity contribution is 6.33. The molecule has 1 heterocycles. The molecule has 1 fully saturated rings. The molecule has 0 saturated heterocycles. The molecule has 1 aromatic carbocycles. The zero-order chi connectivity index (χ0) is 20.1. The second-order valence-electron chi connectivity index (χ2n) is 7.13. The molecule has 1 N–H and O–H groups in total. The molecule has 1 aromatic heterocycles. The molecule has 0 radical (unpaired) electrons. The van der Waals surface area contributed by atoms with Crippen molar-refractivity contribution in [3.8, 4) is 0 Å². The first-order valence-corrected chi connectivity index (χ1v) is 9.73. The number of hydrogen-bond donors (Lipinski definition) is 1. The van der Waals surface area contributed by atoms with Crippen molar-refractivity contribution in [2.24, 2.45) is 5.92 Å². The van der Waals surface area contributed by atoms with Crippen LogP contribution in [-0.4, -0.2) is 29.9 Å². The van der Waals surface area contributed by atoms with Crippen molar-refractivity contribution in [1.29, 1.82) is 0 Å². The van der Waals surface area contributed by atoms with Crippen molar-refractivity contribution in [1.82, 2.24) is 10.3 Å². The third kappa shape index (κ3) is 4.90. The van der Waals surface area contributed by atoms with Crippen LogP contribution in [0.3, 0.4) is 0 Å². The minimum atomic E-state index is -0.430. The summed E-state index contributed by atoms with van der Waals surface area (Å²) in [6.45, 7) is 2.24. The molecule has 0 atom stereocenters. The van der Waals surface area contributed by atoms with Crippen molar-refractivity contribution >= 4 is 29.6 Å². The van der Waals surface area contributed by atoms with Gasteiger partial charge in [-0.15, -0.1) is 0 Å². The molecule has 3 rings (SSSR count). The van der Waals surface area contributed by atoms with Gasteiger partial charge >= 0.3 is 0 Å². The lowest BCUT2D eigenvalue weighted by Crippen LogP contribution is -2.38. The predicted molar refractivity (Wildman–Crippen MR) is 104 cm³/mol. The second kappa shape index (κ2) is 9.19. The van der Waals surface area contributed by atoms with Crippen molar-refractivity contribution in [2.75, 3.05) is 11.4 Å². The zero-order valence-electron chi connectivity index (χ0n) is 15.7. The monoisotopic (exact) mass is 407 g/mol. The zero-order valence-corrected chi connectivity index (χ0v) is 16.4. The van der Waals surface area contributed by atoms with E-state index in [2.05, 4.69) is 10.3 Å². The maximum atomic E-state index is 13.2. The summed E-state index contributed by atoms with van der Waals surface area (Å²) in [4.78, 5) is 29.1. The van der Waals surface area contributed by atoms with Gasteiger partial charge in [0.15, 0.2) is 12.1 Å². The van der Waals surface area contributed by atoms with E-state index in [1.807, 2.05) is 0 Å². The van der Waals surface area contributed by atoms with Crippen LogP contribution in [0.5, 0.6) is 0 Å². The molecule has 6 nitrogen and oxygen atoms in total. The van der Waals surface area contributed by atoms with Gasteiger partial charge in [-0.05, 0) is 63.1 Å². The molecule has 1 saturated carbocycles. The van der Waals surface area contributed by atoms with Gasteiger partial charge in [0.2, 0.25) is 6.41 Å². The molecule has 2 amide bonds. The number of aromatic nitrogens is 1. The summed E-state index contributed by atoms with van der Waals surface area (Å²) in [5.41, 5.74) is 0.849. The molecule has 0 bridgehead atoms. The number of oxazole rings is 1. The number of hydrogen-bond acceptors (Lipinski definition) is 4. The van der Waals surface area contributed by atoms with E-state index in [4.69, 9.17) is 16.0 Å². The molecule has 0 unspecified atom stereocenters. The van der Waals surface area contributed by atoms with Crippen LogP contribution in [0.1, 0.15) is 48.4 Å². The fourth-order valence-electron chi connectivity index (χ4n) is 3.64. The molecule has 2 aromatic rings. The van der Waals surface area contributed by atoms with Gasteiger partial charge in [0.25, 0.3) is 5.91 Å². The van der Waals surface area contributed by atoms with Crippen molar-refractivity contribution in [3.63, 3.8) is 0 Å². The lowest BCUT2D eigenvalue weighted by Gasteiger charge is -2.30. The first kappa shape index (κ1) is 20.3. The summed E-state index contributed by atoms with van der Waals surface area (Å²) in [6.07, 6.45) is 6.52. The molecule has 0 spiro atoms. The van der Waals surface area contributed by atoms with Crippen LogP contribution < -0.4 is 10.2 Å². The third-order valence-electron chi connectivity index (χ3n) is 5.27. The summed E-state index contributed by atoms with van der Waals surface area (Å²) in [5.74, 6) is 0.344. The minimum absolute atomic E-state index is 0.119. The summed E-state index contributed by atoms with van der Waals surface area (Å²) >= 11 is 6.05. The van der Waals surface area contributed by atoms with Gasteiger partial charge in [-0.3, -0.25) is 9.59 Å². The van der Waals surface area contributed by atoms with Gasteiger partial charge in [-0.25, -0.2) is 9.37 Å². The van der Waals surface area contributed by atoms with Gasteiger partial charge in [-0.1, -0.05) is 11.6 Å². The van der Waals surface area contributed by atoms with Crippen LogP contribution in [0, 0.1) is 18.7 Å². The fraction of sp³-hybridized carbons (Fsp3) is 0.450. The van der Waals surface area contributed by atoms with Gasteiger partial charge in [0.05, 0.1) is 10.7 Å². The molecule has 150 valence electrons. The average molecular weight is 408 g/mol. The maximum Gasteiger partial charge on any atom is 0.273 e. The predicted octanol–water partition coefficient (Wildman–Crippen LogP) is 4.12. The number of amides is 2. The highest BCUT2D eigenvalue weighted by Gasteiger charge is 2.25. The van der Waals surface area contributed by atoms with Crippen LogP contribution in [0.4, 0.5) is 10.1 Å². The van der Waals surface area contributed by atoms with Gasteiger partial charge in [-0.2, -0.15) is 0 Å². The third-order valence-corrected chi connectivity index (χ3v) is 5.57. The molecule has 1 aliphatic rings. The van der Waals surface area contributed by atoms with Crippen molar-refractivity contribution in [3.05, 3.63) is 46.9 Å². The first-order chi connectivity index (χ1) is 13.5. The number of halogens is 2. The summed E-state index contributed by atoms with van der Waals surface area (Å²) < 4.78 is 18.3. The summed E-state index contributed by atoms with van der Waals surface area (Å²) in [7, 11) is 0. The van der Waals surface area contributed by atoms with E-state index < -0.39 is 5.82 Å². The van der Waals surface area contributed by atoms with Gasteiger partial charge in [0.1, 0.15) is 11.6 Å². The SMILES string of the molecule is Cc1ocnc1C(=O)NC1CCC(CCN(C=O)c2ccc(F)cc2Cl)CC1. The van der Waals surface area contributed by atoms with E-state index in [1.54, 1.807) is 6.92 Å². The lowest BCUT2D eigenvalue weighted by molar-refractivity contribution is -0.107. The Morgan fingerprint density at radius 1 is 1.39 bits per heavy atom. The first-order valence-electron chi connectivity index (χ1n) is 9.36. The van der Waals surface area contributed by atoms with E-state index in [-0.39, 0.29) is 17.0 Å². The van der Waals surface area contributed by atoms with Gasteiger partial charge < -0.3 is 14.6 Å². The number of carbonyl (C=O) groups is 2. The Morgan fingerprint density at radius 2 is 2.14 bits per heavy atom. The Bertz CT molecular complexity index is 834. The molecular weight excluding hydrogens is 385 g/mol. The van der Waals surface area contributed by atoms with Crippen LogP contribution in [0.2, 0.25) is 5.02 Å². The second-order valence-corrected chi connectivity index (χ2v) is 7.54. The molecule has 8 heteroatoms. The smallest absolute Gasteiger partial charge is 0.273 e. The number of nitrogens with zero attached hydrogens (tertiary/aromatic N) is 2.